The summed E-state index contributed by atoms with van der Waals surface area (Å²) in [6, 6.07) is -2.97. The maximum absolute atomic E-state index is 12.8. The minimum atomic E-state index is -1.50. The fourth-order valence-electron chi connectivity index (χ4n) is 4.01. The van der Waals surface area contributed by atoms with Gasteiger partial charge in [-0.15, -0.1) is 6.42 Å². The van der Waals surface area contributed by atoms with E-state index in [2.05, 4.69) is 36.5 Å². The topological polar surface area (TPSA) is 274 Å². The van der Waals surface area contributed by atoms with Crippen molar-refractivity contribution < 1.29 is 39.3 Å². The summed E-state index contributed by atoms with van der Waals surface area (Å²) in [4.78, 5) is 86.2. The zero-order chi connectivity index (χ0) is 31.7. The number of terminal acetylenes is 1. The molecule has 0 radical (unpaired) electrons. The minimum Gasteiger partial charge on any atom is -0.481 e. The number of aromatic nitrogens is 4. The number of carboxylic acids is 3. The van der Waals surface area contributed by atoms with Crippen molar-refractivity contribution in [3.8, 4) is 12.3 Å². The number of H-pyrrole nitrogens is 2. The molecule has 18 heteroatoms. The molecule has 9 N–H and O–H groups in total. The number of nitrogens with one attached hydrogen (secondary N) is 4. The van der Waals surface area contributed by atoms with Crippen LogP contribution in [0.25, 0.3) is 11.0 Å². The zero-order valence-electron chi connectivity index (χ0n) is 22.5. The van der Waals surface area contributed by atoms with Gasteiger partial charge in [0.05, 0.1) is 18.1 Å². The van der Waals surface area contributed by atoms with Crippen molar-refractivity contribution in [1.82, 2.24) is 30.6 Å². The van der Waals surface area contributed by atoms with Crippen LogP contribution in [-0.2, 0) is 25.6 Å². The van der Waals surface area contributed by atoms with Gasteiger partial charge in [0.15, 0.2) is 5.01 Å². The molecule has 3 aromatic rings. The molecule has 3 aromatic heterocycles. The van der Waals surface area contributed by atoms with Gasteiger partial charge in [-0.25, -0.2) is 14.6 Å². The molecule has 0 aromatic carbocycles. The van der Waals surface area contributed by atoms with E-state index in [0.29, 0.717) is 34.6 Å². The SMILES string of the molecule is C#CCN(CCc1c[nH]c2nc(N)[nH]c(=O)c12)c1cnc(C(=O)N[C@@H](CCC(=O)N[C@@H](CCC(=O)O)C(=O)O)C(=O)O)s1. The predicted octanol–water partition coefficient (Wildman–Crippen LogP) is -0.630. The van der Waals surface area contributed by atoms with Gasteiger partial charge in [0.25, 0.3) is 11.5 Å². The Balaban J connectivity index is 1.62. The number of aromatic amines is 2. The second-order valence-electron chi connectivity index (χ2n) is 9.16. The lowest BCUT2D eigenvalue weighted by atomic mass is 10.1. The highest BCUT2D eigenvalue weighted by Crippen LogP contribution is 2.24. The molecular weight excluding hydrogens is 588 g/mol. The van der Waals surface area contributed by atoms with E-state index in [9.17, 15) is 33.9 Å². The molecule has 0 spiro atoms. The van der Waals surface area contributed by atoms with E-state index in [-0.39, 0.29) is 30.3 Å². The van der Waals surface area contributed by atoms with Crippen LogP contribution in [0.2, 0.25) is 0 Å². The smallest absolute Gasteiger partial charge is 0.326 e. The van der Waals surface area contributed by atoms with Crippen molar-refractivity contribution in [2.45, 2.75) is 44.2 Å². The lowest BCUT2D eigenvalue weighted by Crippen LogP contribution is -2.44. The number of carbonyl (C=O) groups is 5. The van der Waals surface area contributed by atoms with E-state index < -0.39 is 60.2 Å². The highest BCUT2D eigenvalue weighted by atomic mass is 32.1. The average molecular weight is 617 g/mol. The van der Waals surface area contributed by atoms with Gasteiger partial charge in [0, 0.05) is 25.6 Å². The third-order valence-corrected chi connectivity index (χ3v) is 7.18. The van der Waals surface area contributed by atoms with Crippen LogP contribution >= 0.6 is 11.3 Å². The third kappa shape index (κ3) is 8.77. The second-order valence-corrected chi connectivity index (χ2v) is 10.2. The van der Waals surface area contributed by atoms with E-state index >= 15 is 0 Å². The summed E-state index contributed by atoms with van der Waals surface area (Å²) in [5.41, 5.74) is 6.18. The molecule has 0 fully saturated rings. The first-order valence-corrected chi connectivity index (χ1v) is 13.5. The molecule has 17 nitrogen and oxygen atoms in total. The number of anilines is 2. The molecule has 0 bridgehead atoms. The van der Waals surface area contributed by atoms with Crippen LogP contribution in [0.1, 0.15) is 41.0 Å². The fraction of sp³-hybridized carbons (Fsp3) is 0.360. The lowest BCUT2D eigenvalue weighted by molar-refractivity contribution is -0.143. The predicted molar refractivity (Wildman–Crippen MR) is 153 cm³/mol. The number of carbonyl (C=O) groups excluding carboxylic acids is 2. The Kier molecular flexibility index (Phi) is 10.8. The Bertz CT molecular complexity index is 1620. The number of aliphatic carboxylic acids is 3. The van der Waals surface area contributed by atoms with Gasteiger partial charge >= 0.3 is 17.9 Å². The number of rotatable bonds is 16. The van der Waals surface area contributed by atoms with Crippen LogP contribution in [-0.4, -0.2) is 90.2 Å². The number of thiazole rings is 1. The average Bonchev–Trinajstić information content (AvgIpc) is 3.58. The quantitative estimate of drug-likeness (QED) is 0.0932. The highest BCUT2D eigenvalue weighted by Gasteiger charge is 2.26. The van der Waals surface area contributed by atoms with Crippen LogP contribution in [0.4, 0.5) is 10.9 Å². The molecule has 0 saturated heterocycles. The molecule has 0 aliphatic rings. The molecule has 43 heavy (non-hydrogen) atoms. The zero-order valence-corrected chi connectivity index (χ0v) is 23.3. The number of fused-ring (bicyclic) bond motifs is 1. The van der Waals surface area contributed by atoms with E-state index in [1.807, 2.05) is 0 Å². The van der Waals surface area contributed by atoms with Gasteiger partial charge in [-0.1, -0.05) is 17.3 Å². The fourth-order valence-corrected chi connectivity index (χ4v) is 4.86. The molecule has 228 valence electrons. The molecular formula is C25H28N8O9S. The maximum Gasteiger partial charge on any atom is 0.326 e. The molecule has 0 aliphatic heterocycles. The first kappa shape index (κ1) is 32.1. The van der Waals surface area contributed by atoms with E-state index in [1.54, 1.807) is 11.1 Å². The van der Waals surface area contributed by atoms with Gasteiger partial charge < -0.3 is 41.6 Å². The highest BCUT2D eigenvalue weighted by molar-refractivity contribution is 7.17. The number of hydrogen-bond acceptors (Lipinski definition) is 11. The van der Waals surface area contributed by atoms with E-state index in [0.717, 1.165) is 11.3 Å². The number of nitrogens with two attached hydrogens (primary N) is 1. The number of nitrogens with zero attached hydrogens (tertiary/aromatic N) is 3. The van der Waals surface area contributed by atoms with Crippen molar-refractivity contribution in [1.29, 1.82) is 0 Å². The Morgan fingerprint density at radius 3 is 2.42 bits per heavy atom. The summed E-state index contributed by atoms with van der Waals surface area (Å²) in [6.07, 6.45) is 7.25. The number of nitrogen functional groups attached to an aromatic ring is 1. The normalized spacial score (nSPS) is 12.2. The van der Waals surface area contributed by atoms with Crippen molar-refractivity contribution >= 4 is 63.0 Å². The third-order valence-electron chi connectivity index (χ3n) is 6.12. The largest absolute Gasteiger partial charge is 0.481 e. The molecule has 2 amide bonds. The molecule has 0 aliphatic carbocycles. The van der Waals surface area contributed by atoms with Crippen molar-refractivity contribution in [3.05, 3.63) is 33.3 Å². The molecule has 0 unspecified atom stereocenters. The first-order chi connectivity index (χ1) is 20.4. The van der Waals surface area contributed by atoms with Gasteiger partial charge in [0.1, 0.15) is 22.7 Å². The summed E-state index contributed by atoms with van der Waals surface area (Å²) in [5.74, 6) is -3.26. The van der Waals surface area contributed by atoms with Gasteiger partial charge in [-0.2, -0.15) is 4.98 Å². The summed E-state index contributed by atoms with van der Waals surface area (Å²) in [5, 5.41) is 32.7. The number of hydrogen-bond donors (Lipinski definition) is 8. The summed E-state index contributed by atoms with van der Waals surface area (Å²) in [7, 11) is 0. The first-order valence-electron chi connectivity index (χ1n) is 12.7. The molecule has 0 saturated carbocycles. The minimum absolute atomic E-state index is 0.0245. The van der Waals surface area contributed by atoms with Crippen molar-refractivity contribution in [2.75, 3.05) is 23.7 Å². The maximum atomic E-state index is 12.8. The van der Waals surface area contributed by atoms with Crippen LogP contribution in [0.5, 0.6) is 0 Å². The molecule has 3 heterocycles. The van der Waals surface area contributed by atoms with Crippen molar-refractivity contribution in [2.24, 2.45) is 0 Å². The summed E-state index contributed by atoms with van der Waals surface area (Å²) >= 11 is 0.950. The van der Waals surface area contributed by atoms with Gasteiger partial charge in [0.2, 0.25) is 11.9 Å². The van der Waals surface area contributed by atoms with Crippen LogP contribution in [0.15, 0.2) is 17.2 Å². The number of amides is 2. The van der Waals surface area contributed by atoms with Crippen molar-refractivity contribution in [3.63, 3.8) is 0 Å². The lowest BCUT2D eigenvalue weighted by Gasteiger charge is -2.19. The van der Waals surface area contributed by atoms with Crippen LogP contribution < -0.4 is 26.8 Å². The van der Waals surface area contributed by atoms with Crippen LogP contribution in [0, 0.1) is 12.3 Å². The Morgan fingerprint density at radius 2 is 1.77 bits per heavy atom. The summed E-state index contributed by atoms with van der Waals surface area (Å²) < 4.78 is 0. The summed E-state index contributed by atoms with van der Waals surface area (Å²) in [6.45, 7) is 0.477. The monoisotopic (exact) mass is 616 g/mol. The Hall–Kier alpha value is -5.44. The second kappa shape index (κ2) is 14.5. The van der Waals surface area contributed by atoms with Gasteiger partial charge in [-0.3, -0.25) is 24.2 Å². The van der Waals surface area contributed by atoms with E-state index in [1.165, 1.54) is 6.20 Å². The Morgan fingerprint density at radius 1 is 1.09 bits per heavy atom. The standard InChI is InChI=1S/C25H28N8O9S/c1-2-8-33(9-7-12-10-27-19-18(12)20(37)32-25(26)31-19)16-11-28-22(43-16)21(38)30-14(24(41)42)3-5-15(34)29-13(23(39)40)4-6-17(35)36/h1,10-11,13-14H,3-9H2,(H,29,34)(H,30,38)(H,35,36)(H,39,40)(H,41,42)(H4,26,27,31,32,37)/t13-,14-/m0/s1. The Labute approximate surface area is 246 Å². The number of carboxylic acid groups (broad SMARTS) is 3. The molecule has 2 atom stereocenters. The van der Waals surface area contributed by atoms with E-state index in [4.69, 9.17) is 22.4 Å². The van der Waals surface area contributed by atoms with Crippen LogP contribution in [0.3, 0.4) is 0 Å². The van der Waals surface area contributed by atoms with Gasteiger partial charge in [-0.05, 0) is 24.8 Å². The molecule has 3 rings (SSSR count).